The molecule has 1 rings (SSSR count). The lowest BCUT2D eigenvalue weighted by Gasteiger charge is -2.26. The number of hydrogen-bond acceptors (Lipinski definition) is 4. The van der Waals surface area contributed by atoms with Gasteiger partial charge in [0.05, 0.1) is 5.60 Å². The highest BCUT2D eigenvalue weighted by molar-refractivity contribution is 5.38. The Hall–Kier alpha value is -1.13. The van der Waals surface area contributed by atoms with E-state index in [2.05, 4.69) is 23.3 Å². The van der Waals surface area contributed by atoms with Gasteiger partial charge in [-0.2, -0.15) is 0 Å². The minimum absolute atomic E-state index is 0.563. The molecule has 0 saturated carbocycles. The summed E-state index contributed by atoms with van der Waals surface area (Å²) < 4.78 is 0. The van der Waals surface area contributed by atoms with E-state index in [-0.39, 0.29) is 0 Å². The zero-order valence-corrected chi connectivity index (χ0v) is 11.9. The van der Waals surface area contributed by atoms with Gasteiger partial charge in [-0.05, 0) is 38.4 Å². The van der Waals surface area contributed by atoms with E-state index in [4.69, 9.17) is 0 Å². The van der Waals surface area contributed by atoms with Crippen LogP contribution in [-0.4, -0.2) is 35.8 Å². The van der Waals surface area contributed by atoms with Gasteiger partial charge in [0.2, 0.25) is 0 Å². The second kappa shape index (κ2) is 6.71. The van der Waals surface area contributed by atoms with Gasteiger partial charge >= 0.3 is 0 Å². The van der Waals surface area contributed by atoms with Gasteiger partial charge in [-0.1, -0.05) is 13.0 Å². The van der Waals surface area contributed by atoms with Gasteiger partial charge in [0.15, 0.2) is 0 Å². The molecule has 0 aliphatic heterocycles. The van der Waals surface area contributed by atoms with Gasteiger partial charge < -0.3 is 15.3 Å². The van der Waals surface area contributed by atoms with Crippen molar-refractivity contribution >= 4 is 5.82 Å². The summed E-state index contributed by atoms with van der Waals surface area (Å²) in [6, 6.07) is 4.07. The molecule has 0 unspecified atom stereocenters. The van der Waals surface area contributed by atoms with Crippen molar-refractivity contribution in [3.05, 3.63) is 23.9 Å². The van der Waals surface area contributed by atoms with E-state index in [1.165, 1.54) is 5.56 Å². The normalized spacial score (nSPS) is 11.6. The third-order valence-electron chi connectivity index (χ3n) is 2.58. The largest absolute Gasteiger partial charge is 0.389 e. The SMILES string of the molecule is CCCNCc1ccc(N(C)CC(C)(C)O)nc1. The molecule has 0 aliphatic rings. The topological polar surface area (TPSA) is 48.4 Å². The number of nitrogens with zero attached hydrogens (tertiary/aromatic N) is 2. The Morgan fingerprint density at radius 2 is 2.11 bits per heavy atom. The summed E-state index contributed by atoms with van der Waals surface area (Å²) in [6.07, 6.45) is 3.03. The number of aliphatic hydroxyl groups is 1. The third-order valence-corrected chi connectivity index (χ3v) is 2.58. The minimum Gasteiger partial charge on any atom is -0.389 e. The molecule has 0 aromatic carbocycles. The van der Waals surface area contributed by atoms with Crippen molar-refractivity contribution in [2.75, 3.05) is 25.0 Å². The van der Waals surface area contributed by atoms with Crippen LogP contribution in [0, 0.1) is 0 Å². The van der Waals surface area contributed by atoms with Gasteiger partial charge in [-0.15, -0.1) is 0 Å². The summed E-state index contributed by atoms with van der Waals surface area (Å²) in [7, 11) is 1.94. The highest BCUT2D eigenvalue weighted by atomic mass is 16.3. The Labute approximate surface area is 110 Å². The van der Waals surface area contributed by atoms with Crippen LogP contribution in [0.2, 0.25) is 0 Å². The number of rotatable bonds is 7. The molecule has 4 nitrogen and oxygen atoms in total. The molecule has 1 aromatic heterocycles. The molecule has 1 heterocycles. The summed E-state index contributed by atoms with van der Waals surface area (Å²) in [5.41, 5.74) is 0.474. The van der Waals surface area contributed by atoms with Crippen molar-refractivity contribution in [2.45, 2.75) is 39.3 Å². The molecular formula is C14H25N3O. The van der Waals surface area contributed by atoms with E-state index in [9.17, 15) is 5.11 Å². The van der Waals surface area contributed by atoms with Crippen molar-refractivity contribution in [2.24, 2.45) is 0 Å². The molecule has 0 fully saturated rings. The van der Waals surface area contributed by atoms with Gasteiger partial charge in [0.1, 0.15) is 5.82 Å². The highest BCUT2D eigenvalue weighted by Gasteiger charge is 2.16. The second-order valence-electron chi connectivity index (χ2n) is 5.37. The maximum absolute atomic E-state index is 9.77. The number of hydrogen-bond donors (Lipinski definition) is 2. The average molecular weight is 251 g/mol. The fraction of sp³-hybridized carbons (Fsp3) is 0.643. The standard InChI is InChI=1S/C14H25N3O/c1-5-8-15-9-12-6-7-13(16-10-12)17(4)11-14(2,3)18/h6-7,10,15,18H,5,8-9,11H2,1-4H3. The monoisotopic (exact) mass is 251 g/mol. The van der Waals surface area contributed by atoms with Crippen LogP contribution in [0.1, 0.15) is 32.8 Å². The zero-order chi connectivity index (χ0) is 13.6. The molecule has 2 N–H and O–H groups in total. The number of anilines is 1. The Balaban J connectivity index is 2.54. The van der Waals surface area contributed by atoms with Crippen LogP contribution in [-0.2, 0) is 6.54 Å². The van der Waals surface area contributed by atoms with Crippen molar-refractivity contribution in [1.82, 2.24) is 10.3 Å². The summed E-state index contributed by atoms with van der Waals surface area (Å²) in [5.74, 6) is 0.886. The third kappa shape index (κ3) is 5.47. The first-order valence-electron chi connectivity index (χ1n) is 6.51. The molecule has 18 heavy (non-hydrogen) atoms. The lowest BCUT2D eigenvalue weighted by Crippen LogP contribution is -2.36. The predicted octanol–water partition coefficient (Wildman–Crippen LogP) is 1.79. The molecule has 0 saturated heterocycles. The Morgan fingerprint density at radius 3 is 2.61 bits per heavy atom. The summed E-state index contributed by atoms with van der Waals surface area (Å²) >= 11 is 0. The van der Waals surface area contributed by atoms with Crippen LogP contribution >= 0.6 is 0 Å². The van der Waals surface area contributed by atoms with E-state index >= 15 is 0 Å². The summed E-state index contributed by atoms with van der Waals surface area (Å²) in [5, 5.41) is 13.1. The first-order chi connectivity index (χ1) is 8.42. The Kier molecular flexibility index (Phi) is 5.56. The fourth-order valence-electron chi connectivity index (χ4n) is 1.82. The smallest absolute Gasteiger partial charge is 0.128 e. The number of nitrogens with one attached hydrogen (secondary N) is 1. The van der Waals surface area contributed by atoms with E-state index in [1.54, 1.807) is 13.8 Å². The molecule has 1 aromatic rings. The highest BCUT2D eigenvalue weighted by Crippen LogP contribution is 2.13. The summed E-state index contributed by atoms with van der Waals surface area (Å²) in [4.78, 5) is 6.38. The molecule has 102 valence electrons. The van der Waals surface area contributed by atoms with Crippen molar-refractivity contribution in [3.8, 4) is 0 Å². The van der Waals surface area contributed by atoms with Crippen molar-refractivity contribution < 1.29 is 5.11 Å². The first-order valence-corrected chi connectivity index (χ1v) is 6.51. The van der Waals surface area contributed by atoms with Crippen LogP contribution in [0.25, 0.3) is 0 Å². The van der Waals surface area contributed by atoms with E-state index in [1.807, 2.05) is 24.2 Å². The molecule has 0 aliphatic carbocycles. The lowest BCUT2D eigenvalue weighted by atomic mass is 10.1. The average Bonchev–Trinajstić information content (AvgIpc) is 2.28. The number of aromatic nitrogens is 1. The minimum atomic E-state index is -0.711. The van der Waals surface area contributed by atoms with Gasteiger partial charge in [0.25, 0.3) is 0 Å². The van der Waals surface area contributed by atoms with E-state index < -0.39 is 5.60 Å². The molecule has 0 radical (unpaired) electrons. The number of pyridine rings is 1. The molecule has 0 atom stereocenters. The predicted molar refractivity (Wildman–Crippen MR) is 75.8 cm³/mol. The Bertz CT molecular complexity index is 343. The maximum Gasteiger partial charge on any atom is 0.128 e. The zero-order valence-electron chi connectivity index (χ0n) is 11.9. The van der Waals surface area contributed by atoms with Crippen LogP contribution in [0.3, 0.4) is 0 Å². The van der Waals surface area contributed by atoms with Crippen LogP contribution in [0.5, 0.6) is 0 Å². The maximum atomic E-state index is 9.77. The van der Waals surface area contributed by atoms with E-state index in [0.29, 0.717) is 6.54 Å². The first kappa shape index (κ1) is 14.9. The van der Waals surface area contributed by atoms with Crippen LogP contribution < -0.4 is 10.2 Å². The second-order valence-corrected chi connectivity index (χ2v) is 5.37. The molecule has 0 amide bonds. The van der Waals surface area contributed by atoms with Gasteiger partial charge in [-0.25, -0.2) is 4.98 Å². The summed E-state index contributed by atoms with van der Waals surface area (Å²) in [6.45, 7) is 8.20. The van der Waals surface area contributed by atoms with Crippen LogP contribution in [0.4, 0.5) is 5.82 Å². The van der Waals surface area contributed by atoms with Crippen molar-refractivity contribution in [3.63, 3.8) is 0 Å². The van der Waals surface area contributed by atoms with E-state index in [0.717, 1.165) is 25.3 Å². The van der Waals surface area contributed by atoms with Crippen LogP contribution in [0.15, 0.2) is 18.3 Å². The number of likely N-dealkylation sites (N-methyl/N-ethyl adjacent to an activating group) is 1. The quantitative estimate of drug-likeness (QED) is 0.725. The fourth-order valence-corrected chi connectivity index (χ4v) is 1.82. The molecule has 4 heteroatoms. The molecular weight excluding hydrogens is 226 g/mol. The Morgan fingerprint density at radius 1 is 1.39 bits per heavy atom. The lowest BCUT2D eigenvalue weighted by molar-refractivity contribution is 0.0884. The van der Waals surface area contributed by atoms with Crippen molar-refractivity contribution in [1.29, 1.82) is 0 Å². The molecule has 0 bridgehead atoms. The molecule has 0 spiro atoms. The van der Waals surface area contributed by atoms with Gasteiger partial charge in [0, 0.05) is 26.3 Å². The van der Waals surface area contributed by atoms with Gasteiger partial charge in [-0.3, -0.25) is 0 Å².